The first-order chi connectivity index (χ1) is 18.4. The van der Waals surface area contributed by atoms with E-state index < -0.39 is 0 Å². The van der Waals surface area contributed by atoms with Crippen molar-refractivity contribution in [2.24, 2.45) is 0 Å². The highest BCUT2D eigenvalue weighted by molar-refractivity contribution is 5.86. The van der Waals surface area contributed by atoms with Crippen LogP contribution in [0.5, 0.6) is 11.5 Å². The smallest absolute Gasteiger partial charge is 0.242 e. The maximum absolute atomic E-state index is 13.1. The predicted octanol–water partition coefficient (Wildman–Crippen LogP) is 3.29. The Morgan fingerprint density at radius 1 is 0.895 bits per heavy atom. The Bertz CT molecular complexity index is 1230. The van der Waals surface area contributed by atoms with Crippen LogP contribution in [0.25, 0.3) is 11.3 Å². The maximum Gasteiger partial charge on any atom is 0.242 e. The summed E-state index contributed by atoms with van der Waals surface area (Å²) in [5.74, 6) is 1.99. The van der Waals surface area contributed by atoms with E-state index >= 15 is 0 Å². The molecule has 0 N–H and O–H groups in total. The van der Waals surface area contributed by atoms with Gasteiger partial charge < -0.3 is 24.2 Å². The van der Waals surface area contributed by atoms with Crippen molar-refractivity contribution >= 4 is 17.6 Å². The van der Waals surface area contributed by atoms with E-state index in [-0.39, 0.29) is 30.8 Å². The van der Waals surface area contributed by atoms with Crippen LogP contribution in [-0.2, 0) is 16.0 Å². The lowest BCUT2D eigenvalue weighted by Crippen LogP contribution is -2.53. The van der Waals surface area contributed by atoms with Gasteiger partial charge in [0, 0.05) is 37.8 Å². The van der Waals surface area contributed by atoms with Crippen molar-refractivity contribution in [1.82, 2.24) is 20.0 Å². The average Bonchev–Trinajstić information content (AvgIpc) is 2.95. The number of carbonyl (C=O) groups is 2. The minimum atomic E-state index is -0.0593. The molecule has 1 aliphatic rings. The van der Waals surface area contributed by atoms with E-state index in [0.29, 0.717) is 37.7 Å². The molecule has 0 atom stereocenters. The topological polar surface area (TPSA) is 88.1 Å². The molecule has 0 saturated carbocycles. The second kappa shape index (κ2) is 12.4. The van der Waals surface area contributed by atoms with Crippen molar-refractivity contribution < 1.29 is 19.1 Å². The Morgan fingerprint density at radius 3 is 2.21 bits per heavy atom. The Balaban J connectivity index is 1.33. The lowest BCUT2D eigenvalue weighted by molar-refractivity contribution is -0.141. The molecule has 0 bridgehead atoms. The number of nitrogens with zero attached hydrogens (tertiary/aromatic N) is 5. The first-order valence-electron chi connectivity index (χ1n) is 12.8. The molecule has 0 spiro atoms. The lowest BCUT2D eigenvalue weighted by atomic mass is 10.1. The van der Waals surface area contributed by atoms with Gasteiger partial charge in [0.05, 0.1) is 32.9 Å². The van der Waals surface area contributed by atoms with Gasteiger partial charge in [0.2, 0.25) is 11.8 Å². The standard InChI is InChI=1S/C29H35N5O4/c1-21(2)34(28(35)18-22-8-6-5-7-9-22)20-29(36)33-16-14-32(15-17-33)27-13-11-24(30-31-27)23-10-12-25(37-3)26(19-23)38-4/h5-13,19,21H,14-18,20H2,1-4H3. The molecule has 2 heterocycles. The number of hydrogen-bond donors (Lipinski definition) is 0. The van der Waals surface area contributed by atoms with E-state index in [0.717, 1.165) is 22.6 Å². The molecule has 9 heteroatoms. The Morgan fingerprint density at radius 2 is 1.61 bits per heavy atom. The molecular weight excluding hydrogens is 482 g/mol. The number of methoxy groups -OCH3 is 2. The first-order valence-corrected chi connectivity index (χ1v) is 12.8. The Hall–Kier alpha value is -4.14. The van der Waals surface area contributed by atoms with Crippen LogP contribution in [-0.4, -0.2) is 84.8 Å². The minimum absolute atomic E-state index is 0.0327. The molecular formula is C29H35N5O4. The van der Waals surface area contributed by atoms with Crippen molar-refractivity contribution in [1.29, 1.82) is 0 Å². The van der Waals surface area contributed by atoms with E-state index in [4.69, 9.17) is 9.47 Å². The van der Waals surface area contributed by atoms with Gasteiger partial charge in [-0.15, -0.1) is 10.2 Å². The number of hydrogen-bond acceptors (Lipinski definition) is 7. The highest BCUT2D eigenvalue weighted by Gasteiger charge is 2.26. The number of piperazine rings is 1. The van der Waals surface area contributed by atoms with Crippen LogP contribution < -0.4 is 14.4 Å². The minimum Gasteiger partial charge on any atom is -0.493 e. The fraction of sp³-hybridized carbons (Fsp3) is 0.379. The van der Waals surface area contributed by atoms with Gasteiger partial charge in [-0.2, -0.15) is 0 Å². The Kier molecular flexibility index (Phi) is 8.78. The van der Waals surface area contributed by atoms with Crippen LogP contribution in [0.15, 0.2) is 60.7 Å². The van der Waals surface area contributed by atoms with Crippen molar-refractivity contribution in [3.63, 3.8) is 0 Å². The number of ether oxygens (including phenoxy) is 2. The van der Waals surface area contributed by atoms with Gasteiger partial charge in [-0.05, 0) is 49.7 Å². The zero-order valence-electron chi connectivity index (χ0n) is 22.5. The molecule has 3 aromatic rings. The molecule has 0 aliphatic carbocycles. The van der Waals surface area contributed by atoms with Gasteiger partial charge >= 0.3 is 0 Å². The van der Waals surface area contributed by atoms with Gasteiger partial charge in [-0.25, -0.2) is 0 Å². The third kappa shape index (κ3) is 6.40. The molecule has 1 saturated heterocycles. The quantitative estimate of drug-likeness (QED) is 0.430. The van der Waals surface area contributed by atoms with E-state index in [9.17, 15) is 9.59 Å². The van der Waals surface area contributed by atoms with Crippen LogP contribution in [0.2, 0.25) is 0 Å². The van der Waals surface area contributed by atoms with Gasteiger partial charge in [-0.3, -0.25) is 9.59 Å². The summed E-state index contributed by atoms with van der Waals surface area (Å²) in [6.45, 7) is 6.40. The first kappa shape index (κ1) is 26.9. The molecule has 200 valence electrons. The summed E-state index contributed by atoms with van der Waals surface area (Å²) < 4.78 is 10.7. The third-order valence-corrected chi connectivity index (χ3v) is 6.73. The fourth-order valence-electron chi connectivity index (χ4n) is 4.50. The SMILES string of the molecule is COc1ccc(-c2ccc(N3CCN(C(=O)CN(C(=O)Cc4ccccc4)C(C)C)CC3)nn2)cc1OC. The van der Waals surface area contributed by atoms with Crippen LogP contribution in [0.4, 0.5) is 5.82 Å². The number of benzene rings is 2. The fourth-order valence-corrected chi connectivity index (χ4v) is 4.50. The molecule has 2 amide bonds. The molecule has 1 aromatic heterocycles. The van der Waals surface area contributed by atoms with E-state index in [1.54, 1.807) is 19.1 Å². The summed E-state index contributed by atoms with van der Waals surface area (Å²) in [4.78, 5) is 31.6. The second-order valence-electron chi connectivity index (χ2n) is 9.49. The summed E-state index contributed by atoms with van der Waals surface area (Å²) in [6.07, 6.45) is 0.290. The normalized spacial score (nSPS) is 13.4. The molecule has 9 nitrogen and oxygen atoms in total. The summed E-state index contributed by atoms with van der Waals surface area (Å²) in [5.41, 5.74) is 2.56. The second-order valence-corrected chi connectivity index (χ2v) is 9.49. The van der Waals surface area contributed by atoms with Crippen LogP contribution in [0.1, 0.15) is 19.4 Å². The van der Waals surface area contributed by atoms with E-state index in [2.05, 4.69) is 15.1 Å². The molecule has 4 rings (SSSR count). The van der Waals surface area contributed by atoms with Crippen molar-refractivity contribution in [2.75, 3.05) is 51.8 Å². The van der Waals surface area contributed by atoms with Gasteiger partial charge in [0.25, 0.3) is 0 Å². The molecule has 1 aliphatic heterocycles. The van der Waals surface area contributed by atoms with Gasteiger partial charge in [-0.1, -0.05) is 30.3 Å². The number of anilines is 1. The maximum atomic E-state index is 13.1. The Labute approximate surface area is 224 Å². The molecule has 1 fully saturated rings. The van der Waals surface area contributed by atoms with Crippen molar-refractivity contribution in [2.45, 2.75) is 26.3 Å². The third-order valence-electron chi connectivity index (χ3n) is 6.73. The van der Waals surface area contributed by atoms with Crippen LogP contribution >= 0.6 is 0 Å². The van der Waals surface area contributed by atoms with Crippen LogP contribution in [0, 0.1) is 0 Å². The molecule has 2 aromatic carbocycles. The summed E-state index contributed by atoms with van der Waals surface area (Å²) >= 11 is 0. The zero-order chi connectivity index (χ0) is 27.1. The van der Waals surface area contributed by atoms with E-state index in [1.807, 2.05) is 79.4 Å². The highest BCUT2D eigenvalue weighted by atomic mass is 16.5. The number of aromatic nitrogens is 2. The van der Waals surface area contributed by atoms with Crippen molar-refractivity contribution in [3.05, 3.63) is 66.2 Å². The van der Waals surface area contributed by atoms with Gasteiger partial charge in [0.1, 0.15) is 0 Å². The molecule has 38 heavy (non-hydrogen) atoms. The van der Waals surface area contributed by atoms with Gasteiger partial charge in [0.15, 0.2) is 17.3 Å². The molecule has 0 radical (unpaired) electrons. The number of rotatable bonds is 9. The van der Waals surface area contributed by atoms with Crippen LogP contribution in [0.3, 0.4) is 0 Å². The predicted molar refractivity (Wildman–Crippen MR) is 146 cm³/mol. The van der Waals surface area contributed by atoms with Crippen molar-refractivity contribution in [3.8, 4) is 22.8 Å². The monoisotopic (exact) mass is 517 g/mol. The average molecular weight is 518 g/mol. The van der Waals surface area contributed by atoms with E-state index in [1.165, 1.54) is 0 Å². The highest BCUT2D eigenvalue weighted by Crippen LogP contribution is 2.31. The summed E-state index contributed by atoms with van der Waals surface area (Å²) in [7, 11) is 3.20. The zero-order valence-corrected chi connectivity index (χ0v) is 22.5. The summed E-state index contributed by atoms with van der Waals surface area (Å²) in [5, 5.41) is 8.84. The molecule has 0 unspecified atom stereocenters. The summed E-state index contributed by atoms with van der Waals surface area (Å²) in [6, 6.07) is 19.1. The largest absolute Gasteiger partial charge is 0.493 e. The lowest BCUT2D eigenvalue weighted by Gasteiger charge is -2.36. The number of carbonyl (C=O) groups excluding carboxylic acids is 2. The number of amides is 2.